The van der Waals surface area contributed by atoms with Gasteiger partial charge in [0.15, 0.2) is 11.5 Å². The van der Waals surface area contributed by atoms with Crippen LogP contribution in [0.2, 0.25) is 0 Å². The second-order valence-electron chi connectivity index (χ2n) is 5.78. The van der Waals surface area contributed by atoms with Crippen LogP contribution in [-0.4, -0.2) is 32.4 Å². The second-order valence-corrected chi connectivity index (χ2v) is 6.93. The Labute approximate surface area is 147 Å². The van der Waals surface area contributed by atoms with Gasteiger partial charge in [-0.2, -0.15) is 0 Å². The van der Waals surface area contributed by atoms with Crippen molar-refractivity contribution in [3.05, 3.63) is 39.8 Å². The standard InChI is InChI=1S/C18H24N2O3S/c1-21-15-6-5-13(10-17(15)22-2)7-8-19-11-14-12-20-18(24-14)16-4-3-9-23-16/h5-6,10,12,16,19H,3-4,7-9,11H2,1-2H3/t16-/m0/s1. The molecule has 0 amide bonds. The molecular formula is C18H24N2O3S. The lowest BCUT2D eigenvalue weighted by molar-refractivity contribution is 0.111. The number of methoxy groups -OCH3 is 2. The van der Waals surface area contributed by atoms with E-state index in [0.717, 1.165) is 55.5 Å². The highest BCUT2D eigenvalue weighted by atomic mass is 32.1. The van der Waals surface area contributed by atoms with E-state index in [-0.39, 0.29) is 6.10 Å². The quantitative estimate of drug-likeness (QED) is 0.742. The van der Waals surface area contributed by atoms with E-state index in [1.54, 1.807) is 25.6 Å². The number of nitrogens with one attached hydrogen (secondary N) is 1. The summed E-state index contributed by atoms with van der Waals surface area (Å²) in [6, 6.07) is 6.05. The Morgan fingerprint density at radius 3 is 2.92 bits per heavy atom. The number of ether oxygens (including phenoxy) is 3. The van der Waals surface area contributed by atoms with Gasteiger partial charge in [-0.3, -0.25) is 0 Å². The number of nitrogens with zero attached hydrogens (tertiary/aromatic N) is 1. The summed E-state index contributed by atoms with van der Waals surface area (Å²) in [6.07, 6.45) is 5.36. The van der Waals surface area contributed by atoms with E-state index in [2.05, 4.69) is 16.4 Å². The van der Waals surface area contributed by atoms with Crippen molar-refractivity contribution in [3.8, 4) is 11.5 Å². The average molecular weight is 348 g/mol. The van der Waals surface area contributed by atoms with Gasteiger partial charge < -0.3 is 19.5 Å². The number of hydrogen-bond acceptors (Lipinski definition) is 6. The molecule has 1 N–H and O–H groups in total. The van der Waals surface area contributed by atoms with Gasteiger partial charge in [0, 0.05) is 24.2 Å². The van der Waals surface area contributed by atoms with Crippen molar-refractivity contribution >= 4 is 11.3 Å². The first-order valence-electron chi connectivity index (χ1n) is 8.28. The van der Waals surface area contributed by atoms with Gasteiger partial charge in [-0.05, 0) is 43.5 Å². The van der Waals surface area contributed by atoms with E-state index in [0.29, 0.717) is 0 Å². The second kappa shape index (κ2) is 8.46. The van der Waals surface area contributed by atoms with Crippen LogP contribution in [0.15, 0.2) is 24.4 Å². The number of rotatable bonds is 8. The van der Waals surface area contributed by atoms with E-state index in [1.807, 2.05) is 18.3 Å². The summed E-state index contributed by atoms with van der Waals surface area (Å²) in [7, 11) is 3.31. The molecule has 2 aromatic rings. The molecule has 1 fully saturated rings. The molecule has 5 nitrogen and oxygen atoms in total. The maximum absolute atomic E-state index is 5.68. The average Bonchev–Trinajstić information content (AvgIpc) is 3.29. The van der Waals surface area contributed by atoms with Gasteiger partial charge >= 0.3 is 0 Å². The molecule has 1 aliphatic heterocycles. The molecule has 2 heterocycles. The third-order valence-electron chi connectivity index (χ3n) is 4.11. The Morgan fingerprint density at radius 2 is 2.17 bits per heavy atom. The van der Waals surface area contributed by atoms with Crippen molar-refractivity contribution in [1.29, 1.82) is 0 Å². The summed E-state index contributed by atoms with van der Waals surface area (Å²) >= 11 is 1.75. The minimum absolute atomic E-state index is 0.218. The zero-order valence-corrected chi connectivity index (χ0v) is 15.0. The van der Waals surface area contributed by atoms with Gasteiger partial charge in [0.1, 0.15) is 11.1 Å². The molecule has 6 heteroatoms. The molecule has 1 atom stereocenters. The van der Waals surface area contributed by atoms with Crippen molar-refractivity contribution in [3.63, 3.8) is 0 Å². The minimum atomic E-state index is 0.218. The summed E-state index contributed by atoms with van der Waals surface area (Å²) in [5, 5.41) is 4.59. The molecule has 1 aliphatic rings. The largest absolute Gasteiger partial charge is 0.493 e. The summed E-state index contributed by atoms with van der Waals surface area (Å²) in [6.45, 7) is 2.61. The maximum Gasteiger partial charge on any atom is 0.160 e. The van der Waals surface area contributed by atoms with Crippen LogP contribution in [-0.2, 0) is 17.7 Å². The Morgan fingerprint density at radius 1 is 1.29 bits per heavy atom. The zero-order valence-electron chi connectivity index (χ0n) is 14.2. The Balaban J connectivity index is 1.45. The van der Waals surface area contributed by atoms with Crippen LogP contribution in [0.5, 0.6) is 11.5 Å². The van der Waals surface area contributed by atoms with Crippen molar-refractivity contribution in [2.24, 2.45) is 0 Å². The van der Waals surface area contributed by atoms with E-state index in [9.17, 15) is 0 Å². The minimum Gasteiger partial charge on any atom is -0.493 e. The van der Waals surface area contributed by atoms with Crippen LogP contribution in [0.1, 0.15) is 34.4 Å². The van der Waals surface area contributed by atoms with Crippen LogP contribution in [0, 0.1) is 0 Å². The zero-order chi connectivity index (χ0) is 16.8. The maximum atomic E-state index is 5.68. The lowest BCUT2D eigenvalue weighted by Crippen LogP contribution is -2.16. The molecule has 0 unspecified atom stereocenters. The molecule has 1 aromatic heterocycles. The molecule has 1 saturated heterocycles. The van der Waals surface area contributed by atoms with Gasteiger partial charge in [-0.15, -0.1) is 11.3 Å². The molecule has 0 bridgehead atoms. The van der Waals surface area contributed by atoms with Crippen LogP contribution < -0.4 is 14.8 Å². The van der Waals surface area contributed by atoms with Gasteiger partial charge in [0.25, 0.3) is 0 Å². The molecule has 130 valence electrons. The van der Waals surface area contributed by atoms with Crippen molar-refractivity contribution in [1.82, 2.24) is 10.3 Å². The molecule has 0 aliphatic carbocycles. The summed E-state index contributed by atoms with van der Waals surface area (Å²) < 4.78 is 16.3. The van der Waals surface area contributed by atoms with E-state index < -0.39 is 0 Å². The predicted molar refractivity (Wildman–Crippen MR) is 95.0 cm³/mol. The van der Waals surface area contributed by atoms with E-state index in [4.69, 9.17) is 14.2 Å². The third-order valence-corrected chi connectivity index (χ3v) is 5.20. The Bertz CT molecular complexity index is 653. The number of benzene rings is 1. The molecule has 0 radical (unpaired) electrons. The van der Waals surface area contributed by atoms with Crippen molar-refractivity contribution in [2.75, 3.05) is 27.4 Å². The smallest absolute Gasteiger partial charge is 0.160 e. The van der Waals surface area contributed by atoms with Crippen molar-refractivity contribution in [2.45, 2.75) is 31.9 Å². The van der Waals surface area contributed by atoms with Gasteiger partial charge in [0.2, 0.25) is 0 Å². The first kappa shape index (κ1) is 17.2. The van der Waals surface area contributed by atoms with Crippen LogP contribution in [0.3, 0.4) is 0 Å². The lowest BCUT2D eigenvalue weighted by Gasteiger charge is -2.09. The highest BCUT2D eigenvalue weighted by Crippen LogP contribution is 2.31. The number of aromatic nitrogens is 1. The highest BCUT2D eigenvalue weighted by Gasteiger charge is 2.20. The van der Waals surface area contributed by atoms with Gasteiger partial charge in [-0.1, -0.05) is 6.07 Å². The lowest BCUT2D eigenvalue weighted by atomic mass is 10.1. The van der Waals surface area contributed by atoms with E-state index >= 15 is 0 Å². The molecule has 0 saturated carbocycles. The first-order valence-corrected chi connectivity index (χ1v) is 9.09. The normalized spacial score (nSPS) is 17.2. The first-order chi connectivity index (χ1) is 11.8. The summed E-state index contributed by atoms with van der Waals surface area (Å²) in [5.41, 5.74) is 1.23. The molecule has 24 heavy (non-hydrogen) atoms. The fourth-order valence-electron chi connectivity index (χ4n) is 2.81. The summed E-state index contributed by atoms with van der Waals surface area (Å²) in [4.78, 5) is 5.76. The summed E-state index contributed by atoms with van der Waals surface area (Å²) in [5.74, 6) is 1.54. The van der Waals surface area contributed by atoms with E-state index in [1.165, 1.54) is 10.4 Å². The van der Waals surface area contributed by atoms with Gasteiger partial charge in [0.05, 0.1) is 14.2 Å². The van der Waals surface area contributed by atoms with Crippen LogP contribution in [0.4, 0.5) is 0 Å². The Kier molecular flexibility index (Phi) is 6.07. The predicted octanol–water partition coefficient (Wildman–Crippen LogP) is 3.34. The number of thiazole rings is 1. The molecule has 1 aromatic carbocycles. The Hall–Kier alpha value is -1.63. The third kappa shape index (κ3) is 4.26. The molecular weight excluding hydrogens is 324 g/mol. The SMILES string of the molecule is COc1ccc(CCNCc2cnc([C@@H]3CCCO3)s2)cc1OC. The topological polar surface area (TPSA) is 52.6 Å². The molecule has 3 rings (SSSR count). The fraction of sp³-hybridized carbons (Fsp3) is 0.500. The number of hydrogen-bond donors (Lipinski definition) is 1. The fourth-order valence-corrected chi connectivity index (χ4v) is 3.78. The monoisotopic (exact) mass is 348 g/mol. The van der Waals surface area contributed by atoms with Crippen LogP contribution in [0.25, 0.3) is 0 Å². The van der Waals surface area contributed by atoms with Crippen LogP contribution >= 0.6 is 11.3 Å². The van der Waals surface area contributed by atoms with Gasteiger partial charge in [-0.25, -0.2) is 4.98 Å². The highest BCUT2D eigenvalue weighted by molar-refractivity contribution is 7.11. The van der Waals surface area contributed by atoms with Crippen molar-refractivity contribution < 1.29 is 14.2 Å². The molecule has 0 spiro atoms.